The van der Waals surface area contributed by atoms with Gasteiger partial charge in [-0.3, -0.25) is 9.59 Å². The van der Waals surface area contributed by atoms with Crippen molar-refractivity contribution in [3.8, 4) is 0 Å². The van der Waals surface area contributed by atoms with Gasteiger partial charge in [-0.1, -0.05) is 48.5 Å². The van der Waals surface area contributed by atoms with E-state index < -0.39 is 6.04 Å². The van der Waals surface area contributed by atoms with Gasteiger partial charge in [0.25, 0.3) is 5.91 Å². The number of benzene rings is 2. The van der Waals surface area contributed by atoms with Gasteiger partial charge < -0.3 is 16.4 Å². The fraction of sp³-hybridized carbons (Fsp3) is 0.0952. The van der Waals surface area contributed by atoms with Gasteiger partial charge in [0.15, 0.2) is 0 Å². The van der Waals surface area contributed by atoms with Crippen LogP contribution in [-0.2, 0) is 11.2 Å². The molecule has 1 atom stereocenters. The van der Waals surface area contributed by atoms with Crippen molar-refractivity contribution >= 4 is 35.7 Å². The van der Waals surface area contributed by atoms with Gasteiger partial charge in [0.1, 0.15) is 11.9 Å². The van der Waals surface area contributed by atoms with Crippen molar-refractivity contribution in [1.82, 2.24) is 10.3 Å². The van der Waals surface area contributed by atoms with Crippen LogP contribution < -0.4 is 16.4 Å². The summed E-state index contributed by atoms with van der Waals surface area (Å²) in [6.07, 6.45) is 1.85. The predicted molar refractivity (Wildman–Crippen MR) is 112 cm³/mol. The summed E-state index contributed by atoms with van der Waals surface area (Å²) < 4.78 is 0. The largest absolute Gasteiger partial charge is 0.384 e. The zero-order valence-electron chi connectivity index (χ0n) is 15.0. The monoisotopic (exact) mass is 396 g/mol. The first-order valence-corrected chi connectivity index (χ1v) is 8.54. The van der Waals surface area contributed by atoms with E-state index in [0.29, 0.717) is 23.5 Å². The molecular weight excluding hydrogens is 376 g/mol. The number of nitrogens with one attached hydrogen (secondary N) is 2. The Bertz CT molecular complexity index is 903. The Morgan fingerprint density at radius 1 is 0.929 bits per heavy atom. The third-order valence-corrected chi connectivity index (χ3v) is 3.99. The number of nitrogens with zero attached hydrogens (tertiary/aromatic N) is 1. The number of nitrogen functional groups attached to an aromatic ring is 1. The van der Waals surface area contributed by atoms with Crippen LogP contribution in [0.25, 0.3) is 0 Å². The van der Waals surface area contributed by atoms with Crippen LogP contribution in [0.5, 0.6) is 0 Å². The number of nitrogens with two attached hydrogens (primary N) is 1. The minimum absolute atomic E-state index is 0. The highest BCUT2D eigenvalue weighted by Crippen LogP contribution is 2.10. The number of halogens is 1. The van der Waals surface area contributed by atoms with E-state index in [1.165, 1.54) is 6.20 Å². The Balaban J connectivity index is 0.00000280. The summed E-state index contributed by atoms with van der Waals surface area (Å²) in [6.45, 7) is 0. The maximum atomic E-state index is 12.8. The number of rotatable bonds is 6. The van der Waals surface area contributed by atoms with Crippen LogP contribution >= 0.6 is 12.4 Å². The van der Waals surface area contributed by atoms with E-state index in [1.54, 1.807) is 36.4 Å². The molecule has 3 rings (SSSR count). The second-order valence-corrected chi connectivity index (χ2v) is 6.04. The molecule has 1 aromatic heterocycles. The van der Waals surface area contributed by atoms with Crippen LogP contribution in [0.15, 0.2) is 79.0 Å². The summed E-state index contributed by atoms with van der Waals surface area (Å²) in [5, 5.41) is 5.59. The first-order valence-electron chi connectivity index (χ1n) is 8.54. The van der Waals surface area contributed by atoms with Crippen LogP contribution in [0, 0.1) is 0 Å². The Hall–Kier alpha value is -3.38. The SMILES string of the molecule is Cl.Nc1ccc(NC(=O)C(Cc2ccccc2)NC(=O)c2ccccc2)cn1. The minimum Gasteiger partial charge on any atom is -0.384 e. The highest BCUT2D eigenvalue weighted by atomic mass is 35.5. The van der Waals surface area contributed by atoms with Crippen molar-refractivity contribution < 1.29 is 9.59 Å². The van der Waals surface area contributed by atoms with E-state index in [1.807, 2.05) is 36.4 Å². The van der Waals surface area contributed by atoms with E-state index in [2.05, 4.69) is 15.6 Å². The van der Waals surface area contributed by atoms with Gasteiger partial charge in [0.05, 0.1) is 11.9 Å². The molecule has 4 N–H and O–H groups in total. The summed E-state index contributed by atoms with van der Waals surface area (Å²) in [6, 6.07) is 20.9. The Morgan fingerprint density at radius 3 is 2.18 bits per heavy atom. The second-order valence-electron chi connectivity index (χ2n) is 6.04. The van der Waals surface area contributed by atoms with E-state index in [4.69, 9.17) is 5.73 Å². The number of pyridine rings is 1. The summed E-state index contributed by atoms with van der Waals surface area (Å²) in [5.41, 5.74) is 7.53. The zero-order chi connectivity index (χ0) is 19.1. The average Bonchev–Trinajstić information content (AvgIpc) is 2.70. The van der Waals surface area contributed by atoms with Crippen molar-refractivity contribution in [1.29, 1.82) is 0 Å². The molecule has 0 aliphatic rings. The van der Waals surface area contributed by atoms with Gasteiger partial charge >= 0.3 is 0 Å². The van der Waals surface area contributed by atoms with Crippen molar-refractivity contribution in [3.63, 3.8) is 0 Å². The molecule has 0 spiro atoms. The van der Waals surface area contributed by atoms with Crippen LogP contribution in [-0.4, -0.2) is 22.8 Å². The third-order valence-electron chi connectivity index (χ3n) is 3.99. The maximum Gasteiger partial charge on any atom is 0.251 e. The molecule has 0 radical (unpaired) electrons. The molecule has 0 fully saturated rings. The number of anilines is 2. The van der Waals surface area contributed by atoms with E-state index in [9.17, 15) is 9.59 Å². The number of hydrogen-bond donors (Lipinski definition) is 3. The molecule has 0 saturated carbocycles. The fourth-order valence-electron chi connectivity index (χ4n) is 2.60. The number of carbonyl (C=O) groups is 2. The molecular formula is C21H21ClN4O2. The normalized spacial score (nSPS) is 11.0. The lowest BCUT2D eigenvalue weighted by Crippen LogP contribution is -2.45. The van der Waals surface area contributed by atoms with Gasteiger partial charge in [-0.15, -0.1) is 12.4 Å². The quantitative estimate of drug-likeness (QED) is 0.596. The number of carbonyl (C=O) groups excluding carboxylic acids is 2. The summed E-state index contributed by atoms with van der Waals surface area (Å²) >= 11 is 0. The molecule has 2 aromatic carbocycles. The fourth-order valence-corrected chi connectivity index (χ4v) is 2.60. The topological polar surface area (TPSA) is 97.1 Å². The lowest BCUT2D eigenvalue weighted by atomic mass is 10.0. The molecule has 0 bridgehead atoms. The van der Waals surface area contributed by atoms with Gasteiger partial charge in [-0.25, -0.2) is 4.98 Å². The Kier molecular flexibility index (Phi) is 7.54. The molecule has 0 aliphatic carbocycles. The Labute approximate surface area is 169 Å². The van der Waals surface area contributed by atoms with Crippen molar-refractivity contribution in [3.05, 3.63) is 90.1 Å². The highest BCUT2D eigenvalue weighted by molar-refractivity contribution is 6.01. The van der Waals surface area contributed by atoms with E-state index >= 15 is 0 Å². The summed E-state index contributed by atoms with van der Waals surface area (Å²) in [4.78, 5) is 29.3. The number of hydrogen-bond acceptors (Lipinski definition) is 4. The molecule has 2 amide bonds. The zero-order valence-corrected chi connectivity index (χ0v) is 15.9. The maximum absolute atomic E-state index is 12.8. The van der Waals surface area contributed by atoms with Crippen LogP contribution in [0.1, 0.15) is 15.9 Å². The van der Waals surface area contributed by atoms with Crippen molar-refractivity contribution in [2.45, 2.75) is 12.5 Å². The van der Waals surface area contributed by atoms with Crippen LogP contribution in [0.4, 0.5) is 11.5 Å². The average molecular weight is 397 g/mol. The lowest BCUT2D eigenvalue weighted by molar-refractivity contribution is -0.118. The molecule has 3 aromatic rings. The first-order chi connectivity index (χ1) is 13.1. The molecule has 7 heteroatoms. The first kappa shape index (κ1) is 20.9. The predicted octanol–water partition coefficient (Wildman–Crippen LogP) is 3.07. The lowest BCUT2D eigenvalue weighted by Gasteiger charge is -2.19. The van der Waals surface area contributed by atoms with Gasteiger partial charge in [-0.05, 0) is 29.8 Å². The Morgan fingerprint density at radius 2 is 1.57 bits per heavy atom. The molecule has 28 heavy (non-hydrogen) atoms. The van der Waals surface area contributed by atoms with Crippen LogP contribution in [0.3, 0.4) is 0 Å². The molecule has 144 valence electrons. The number of aromatic nitrogens is 1. The molecule has 6 nitrogen and oxygen atoms in total. The van der Waals surface area contributed by atoms with Crippen LogP contribution in [0.2, 0.25) is 0 Å². The van der Waals surface area contributed by atoms with E-state index in [0.717, 1.165) is 5.56 Å². The van der Waals surface area contributed by atoms with Gasteiger partial charge in [0.2, 0.25) is 5.91 Å². The smallest absolute Gasteiger partial charge is 0.251 e. The molecule has 1 unspecified atom stereocenters. The van der Waals surface area contributed by atoms with Crippen molar-refractivity contribution in [2.75, 3.05) is 11.1 Å². The minimum atomic E-state index is -0.738. The van der Waals surface area contributed by atoms with Gasteiger partial charge in [-0.2, -0.15) is 0 Å². The molecule has 1 heterocycles. The standard InChI is InChI=1S/C21H20N4O2.ClH/c22-19-12-11-17(14-23-19)24-21(27)18(13-15-7-3-1-4-8-15)25-20(26)16-9-5-2-6-10-16;/h1-12,14,18H,13H2,(H2,22,23)(H,24,27)(H,25,26);1H. The number of amides is 2. The second kappa shape index (κ2) is 10.1. The molecule has 0 saturated heterocycles. The molecule has 0 aliphatic heterocycles. The summed E-state index contributed by atoms with van der Waals surface area (Å²) in [5.74, 6) is -0.261. The third kappa shape index (κ3) is 5.82. The van der Waals surface area contributed by atoms with Gasteiger partial charge in [0, 0.05) is 12.0 Å². The summed E-state index contributed by atoms with van der Waals surface area (Å²) in [7, 11) is 0. The highest BCUT2D eigenvalue weighted by Gasteiger charge is 2.22. The van der Waals surface area contributed by atoms with Crippen molar-refractivity contribution in [2.24, 2.45) is 0 Å². The van der Waals surface area contributed by atoms with E-state index in [-0.39, 0.29) is 24.2 Å².